The maximum Gasteiger partial charge on any atom is 0.316 e. The molecule has 1 amide bonds. The minimum atomic E-state index is -3.65. The lowest BCUT2D eigenvalue weighted by Gasteiger charge is -2.31. The second kappa shape index (κ2) is 8.32. The predicted octanol–water partition coefficient (Wildman–Crippen LogP) is 2.43. The van der Waals surface area contributed by atoms with Crippen LogP contribution in [0.15, 0.2) is 46.0 Å². The van der Waals surface area contributed by atoms with Crippen LogP contribution < -0.4 is 10.1 Å². The molecule has 2 heterocycles. The van der Waals surface area contributed by atoms with E-state index in [1.807, 2.05) is 0 Å². The van der Waals surface area contributed by atoms with Gasteiger partial charge < -0.3 is 10.1 Å². The van der Waals surface area contributed by atoms with Gasteiger partial charge in [0, 0.05) is 31.5 Å². The highest BCUT2D eigenvalue weighted by Crippen LogP contribution is 2.24. The number of ether oxygens (including phenoxy) is 1. The van der Waals surface area contributed by atoms with Crippen LogP contribution in [0, 0.1) is 0 Å². The van der Waals surface area contributed by atoms with Crippen molar-refractivity contribution in [3.63, 3.8) is 0 Å². The van der Waals surface area contributed by atoms with E-state index in [1.54, 1.807) is 24.5 Å². The van der Waals surface area contributed by atoms with Crippen molar-refractivity contribution < 1.29 is 17.9 Å². The van der Waals surface area contributed by atoms with E-state index in [1.165, 1.54) is 23.4 Å². The van der Waals surface area contributed by atoms with Gasteiger partial charge in [-0.1, -0.05) is 0 Å². The molecule has 2 aromatic rings. The van der Waals surface area contributed by atoms with Gasteiger partial charge >= 0.3 is 6.01 Å². The first kappa shape index (κ1) is 19.7. The number of amides is 1. The molecule has 1 atom stereocenters. The molecule has 10 heteroatoms. The Morgan fingerprint density at radius 3 is 2.56 bits per heavy atom. The summed E-state index contributed by atoms with van der Waals surface area (Å²) in [5, 5.41) is 2.62. The van der Waals surface area contributed by atoms with Crippen LogP contribution in [0.25, 0.3) is 0 Å². The molecule has 1 fully saturated rings. The van der Waals surface area contributed by atoms with Crippen LogP contribution in [0.1, 0.15) is 19.8 Å². The van der Waals surface area contributed by atoms with Crippen molar-refractivity contribution in [1.82, 2.24) is 14.3 Å². The Morgan fingerprint density at radius 1 is 1.26 bits per heavy atom. The number of halogens is 1. The first-order chi connectivity index (χ1) is 12.8. The zero-order valence-corrected chi connectivity index (χ0v) is 17.0. The average molecular weight is 455 g/mol. The Balaban J connectivity index is 1.70. The monoisotopic (exact) mass is 454 g/mol. The molecule has 0 bridgehead atoms. The Hall–Kier alpha value is -2.04. The summed E-state index contributed by atoms with van der Waals surface area (Å²) in [6.07, 6.45) is 4.26. The number of carbonyl (C=O) groups is 1. The highest BCUT2D eigenvalue weighted by atomic mass is 79.9. The van der Waals surface area contributed by atoms with E-state index in [0.29, 0.717) is 18.7 Å². The van der Waals surface area contributed by atoms with Crippen LogP contribution in [0.4, 0.5) is 5.69 Å². The molecule has 1 aromatic heterocycles. The molecule has 3 rings (SSSR count). The summed E-state index contributed by atoms with van der Waals surface area (Å²) in [5.41, 5.74) is 0.550. The highest BCUT2D eigenvalue weighted by Gasteiger charge is 2.31. The number of aromatic nitrogens is 2. The van der Waals surface area contributed by atoms with Gasteiger partial charge in [0.1, 0.15) is 6.10 Å². The Labute approximate surface area is 166 Å². The Kier molecular flexibility index (Phi) is 6.08. The van der Waals surface area contributed by atoms with Crippen molar-refractivity contribution in [3.05, 3.63) is 41.1 Å². The smallest absolute Gasteiger partial charge is 0.316 e. The van der Waals surface area contributed by atoms with Gasteiger partial charge in [-0.2, -0.15) is 4.31 Å². The van der Waals surface area contributed by atoms with Crippen molar-refractivity contribution in [2.45, 2.75) is 30.8 Å². The van der Waals surface area contributed by atoms with Gasteiger partial charge in [0.2, 0.25) is 15.9 Å². The van der Waals surface area contributed by atoms with E-state index in [4.69, 9.17) is 4.74 Å². The normalized spacial score (nSPS) is 18.1. The van der Waals surface area contributed by atoms with Crippen molar-refractivity contribution in [1.29, 1.82) is 0 Å². The third-order valence-corrected chi connectivity index (χ3v) is 6.31. The molecule has 0 spiro atoms. The summed E-state index contributed by atoms with van der Waals surface area (Å²) < 4.78 is 33.7. The van der Waals surface area contributed by atoms with Crippen LogP contribution in [0.5, 0.6) is 6.01 Å². The number of anilines is 1. The summed E-state index contributed by atoms with van der Waals surface area (Å²) >= 11 is 3.26. The van der Waals surface area contributed by atoms with Gasteiger partial charge in [-0.05, 0) is 53.0 Å². The number of hydrogen-bond donors (Lipinski definition) is 1. The zero-order valence-electron chi connectivity index (χ0n) is 14.6. The molecule has 144 valence electrons. The fourth-order valence-corrected chi connectivity index (χ4v) is 4.51. The van der Waals surface area contributed by atoms with Crippen LogP contribution in [0.3, 0.4) is 0 Å². The van der Waals surface area contributed by atoms with Gasteiger partial charge in [0.25, 0.3) is 0 Å². The maximum atomic E-state index is 12.9. The fraction of sp³-hybridized carbons (Fsp3) is 0.353. The summed E-state index contributed by atoms with van der Waals surface area (Å²) in [4.78, 5) is 19.4. The molecule has 0 saturated carbocycles. The molecule has 0 aliphatic carbocycles. The summed E-state index contributed by atoms with van der Waals surface area (Å²) in [6.45, 7) is 2.06. The number of benzene rings is 1. The number of hydrogen-bond acceptors (Lipinski definition) is 6. The minimum absolute atomic E-state index is 0.178. The van der Waals surface area contributed by atoms with E-state index in [0.717, 1.165) is 10.9 Å². The lowest BCUT2D eigenvalue weighted by Crippen LogP contribution is -2.44. The number of nitrogens with one attached hydrogen (secondary N) is 1. The molecule has 27 heavy (non-hydrogen) atoms. The van der Waals surface area contributed by atoms with Gasteiger partial charge in [-0.15, -0.1) is 0 Å². The molecular weight excluding hydrogens is 436 g/mol. The lowest BCUT2D eigenvalue weighted by molar-refractivity contribution is -0.114. The number of carbonyl (C=O) groups excluding carboxylic acids is 1. The molecule has 1 saturated heterocycles. The van der Waals surface area contributed by atoms with Gasteiger partial charge in [-0.25, -0.2) is 18.4 Å². The van der Waals surface area contributed by atoms with Gasteiger partial charge in [-0.3, -0.25) is 4.79 Å². The van der Waals surface area contributed by atoms with Gasteiger partial charge in [0.05, 0.1) is 15.9 Å². The quantitative estimate of drug-likeness (QED) is 0.743. The number of sulfonamides is 1. The predicted molar refractivity (Wildman–Crippen MR) is 103 cm³/mol. The average Bonchev–Trinajstić information content (AvgIpc) is 2.64. The first-order valence-electron chi connectivity index (χ1n) is 8.36. The first-order valence-corrected chi connectivity index (χ1v) is 10.6. The number of rotatable bonds is 5. The van der Waals surface area contributed by atoms with Gasteiger partial charge in [0.15, 0.2) is 0 Å². The van der Waals surface area contributed by atoms with E-state index in [9.17, 15) is 13.2 Å². The fourth-order valence-electron chi connectivity index (χ4n) is 2.79. The Bertz CT molecular complexity index is 904. The molecule has 1 aromatic carbocycles. The van der Waals surface area contributed by atoms with Crippen molar-refractivity contribution in [2.24, 2.45) is 0 Å². The molecule has 1 unspecified atom stereocenters. The standard InChI is InChI=1S/C17H19BrN4O4S/c1-12(23)21-14-4-6-16(7-5-14)27(24,25)22-8-2-3-15(11-22)26-17-19-9-13(18)10-20-17/h4-7,9-10,15H,2-3,8,11H2,1H3,(H,21,23). The van der Waals surface area contributed by atoms with Crippen LogP contribution in [-0.2, 0) is 14.8 Å². The van der Waals surface area contributed by atoms with E-state index < -0.39 is 10.0 Å². The molecule has 1 aliphatic heterocycles. The highest BCUT2D eigenvalue weighted by molar-refractivity contribution is 9.10. The molecule has 0 radical (unpaired) electrons. The number of piperidine rings is 1. The Morgan fingerprint density at radius 2 is 1.93 bits per heavy atom. The van der Waals surface area contributed by atoms with Crippen molar-refractivity contribution in [3.8, 4) is 6.01 Å². The summed E-state index contributed by atoms with van der Waals surface area (Å²) in [6, 6.07) is 6.34. The zero-order chi connectivity index (χ0) is 19.4. The van der Waals surface area contributed by atoms with E-state index in [-0.39, 0.29) is 29.5 Å². The third kappa shape index (κ3) is 5.02. The van der Waals surface area contributed by atoms with Crippen molar-refractivity contribution in [2.75, 3.05) is 18.4 Å². The topological polar surface area (TPSA) is 101 Å². The molecule has 8 nitrogen and oxygen atoms in total. The molecular formula is C17H19BrN4O4S. The van der Waals surface area contributed by atoms with Crippen LogP contribution in [-0.4, -0.2) is 47.8 Å². The second-order valence-electron chi connectivity index (χ2n) is 6.13. The minimum Gasteiger partial charge on any atom is -0.459 e. The summed E-state index contributed by atoms with van der Waals surface area (Å²) in [7, 11) is -3.65. The maximum absolute atomic E-state index is 12.9. The SMILES string of the molecule is CC(=O)Nc1ccc(S(=O)(=O)N2CCCC(Oc3ncc(Br)cn3)C2)cc1. The van der Waals surface area contributed by atoms with Crippen molar-refractivity contribution >= 4 is 37.5 Å². The van der Waals surface area contributed by atoms with E-state index in [2.05, 4.69) is 31.2 Å². The second-order valence-corrected chi connectivity index (χ2v) is 8.99. The lowest BCUT2D eigenvalue weighted by atomic mass is 10.1. The molecule has 1 N–H and O–H groups in total. The van der Waals surface area contributed by atoms with E-state index >= 15 is 0 Å². The summed E-state index contributed by atoms with van der Waals surface area (Å²) in [5.74, 6) is -0.211. The van der Waals surface area contributed by atoms with Crippen LogP contribution in [0.2, 0.25) is 0 Å². The third-order valence-electron chi connectivity index (χ3n) is 4.02. The molecule has 1 aliphatic rings. The number of nitrogens with zero attached hydrogens (tertiary/aromatic N) is 3. The largest absolute Gasteiger partial charge is 0.459 e. The van der Waals surface area contributed by atoms with Crippen LogP contribution >= 0.6 is 15.9 Å².